The highest BCUT2D eigenvalue weighted by atomic mass is 19.1. The molecule has 14 heavy (non-hydrogen) atoms. The van der Waals surface area contributed by atoms with Gasteiger partial charge in [-0.1, -0.05) is 19.1 Å². The van der Waals surface area contributed by atoms with Crippen LogP contribution < -0.4 is 0 Å². The predicted molar refractivity (Wildman–Crippen MR) is 52.5 cm³/mol. The fraction of sp³-hybridized carbons (Fsp3) is 0.455. The first-order chi connectivity index (χ1) is 6.62. The van der Waals surface area contributed by atoms with Crippen LogP contribution in [0.2, 0.25) is 0 Å². The maximum absolute atomic E-state index is 12.7. The van der Waals surface area contributed by atoms with Crippen molar-refractivity contribution >= 4 is 0 Å². The van der Waals surface area contributed by atoms with E-state index in [0.29, 0.717) is 12.0 Å². The Labute approximate surface area is 83.3 Å². The molecule has 1 rings (SSSR count). The molecule has 1 aromatic carbocycles. The molecule has 0 fully saturated rings. The molecule has 1 aromatic rings. The molecule has 78 valence electrons. The van der Waals surface area contributed by atoms with Crippen LogP contribution in [0.15, 0.2) is 24.3 Å². The molecule has 2 nitrogen and oxygen atoms in total. The minimum Gasteiger partial charge on any atom is -0.383 e. The molecule has 3 heteroatoms. The molecule has 0 aliphatic rings. The lowest BCUT2D eigenvalue weighted by Gasteiger charge is -2.26. The van der Waals surface area contributed by atoms with Crippen LogP contribution in [0.4, 0.5) is 4.39 Å². The third-order valence-corrected chi connectivity index (χ3v) is 2.35. The first-order valence-corrected chi connectivity index (χ1v) is 4.60. The Morgan fingerprint density at radius 1 is 1.36 bits per heavy atom. The number of benzene rings is 1. The van der Waals surface area contributed by atoms with Gasteiger partial charge >= 0.3 is 0 Å². The molecule has 0 radical (unpaired) electrons. The van der Waals surface area contributed by atoms with E-state index in [1.54, 1.807) is 12.1 Å². The molecule has 0 amide bonds. The first-order valence-electron chi connectivity index (χ1n) is 4.60. The van der Waals surface area contributed by atoms with Gasteiger partial charge in [-0.15, -0.1) is 0 Å². The Hall–Kier alpha value is -0.930. The average molecular weight is 198 g/mol. The van der Waals surface area contributed by atoms with Crippen LogP contribution in [0.3, 0.4) is 0 Å². The molecular formula is C11H15FO2. The van der Waals surface area contributed by atoms with E-state index in [2.05, 4.69) is 0 Å². The molecule has 0 saturated heterocycles. The highest BCUT2D eigenvalue weighted by Crippen LogP contribution is 2.25. The van der Waals surface area contributed by atoms with Gasteiger partial charge in [-0.3, -0.25) is 0 Å². The topological polar surface area (TPSA) is 29.5 Å². The highest BCUT2D eigenvalue weighted by molar-refractivity contribution is 5.23. The second kappa shape index (κ2) is 4.53. The smallest absolute Gasteiger partial charge is 0.123 e. The summed E-state index contributed by atoms with van der Waals surface area (Å²) < 4.78 is 17.6. The number of aliphatic hydroxyl groups is 1. The summed E-state index contributed by atoms with van der Waals surface area (Å²) in [6.45, 7) is 2.08. The molecule has 0 spiro atoms. The summed E-state index contributed by atoms with van der Waals surface area (Å²) in [5.41, 5.74) is -0.328. The van der Waals surface area contributed by atoms with E-state index in [1.165, 1.54) is 19.2 Å². The number of methoxy groups -OCH3 is 1. The Morgan fingerprint density at radius 3 is 2.36 bits per heavy atom. The zero-order valence-corrected chi connectivity index (χ0v) is 8.46. The van der Waals surface area contributed by atoms with Gasteiger partial charge in [0.2, 0.25) is 0 Å². The van der Waals surface area contributed by atoms with Gasteiger partial charge in [-0.05, 0) is 24.1 Å². The van der Waals surface area contributed by atoms with Crippen molar-refractivity contribution in [3.8, 4) is 0 Å². The van der Waals surface area contributed by atoms with Gasteiger partial charge < -0.3 is 9.84 Å². The molecule has 0 saturated carbocycles. The van der Waals surface area contributed by atoms with Crippen molar-refractivity contribution in [2.75, 3.05) is 13.7 Å². The van der Waals surface area contributed by atoms with Crippen LogP contribution in [-0.2, 0) is 10.3 Å². The van der Waals surface area contributed by atoms with Crippen LogP contribution in [0.1, 0.15) is 18.9 Å². The van der Waals surface area contributed by atoms with Crippen LogP contribution in [0.5, 0.6) is 0 Å². The van der Waals surface area contributed by atoms with E-state index in [4.69, 9.17) is 4.74 Å². The molecular weight excluding hydrogens is 183 g/mol. The quantitative estimate of drug-likeness (QED) is 0.802. The van der Waals surface area contributed by atoms with Gasteiger partial charge in [0, 0.05) is 7.11 Å². The second-order valence-corrected chi connectivity index (χ2v) is 3.33. The molecule has 0 heterocycles. The largest absolute Gasteiger partial charge is 0.383 e. The number of hydrogen-bond donors (Lipinski definition) is 1. The Bertz CT molecular complexity index is 284. The van der Waals surface area contributed by atoms with E-state index in [9.17, 15) is 9.50 Å². The van der Waals surface area contributed by atoms with Gasteiger partial charge in [0.05, 0.1) is 6.61 Å². The fourth-order valence-corrected chi connectivity index (χ4v) is 1.39. The Balaban J connectivity index is 2.94. The zero-order valence-electron chi connectivity index (χ0n) is 8.46. The summed E-state index contributed by atoms with van der Waals surface area (Å²) in [5.74, 6) is -0.301. The molecule has 0 aliphatic heterocycles. The number of ether oxygens (including phenoxy) is 1. The minimum absolute atomic E-state index is 0.217. The van der Waals surface area contributed by atoms with E-state index in [-0.39, 0.29) is 12.4 Å². The van der Waals surface area contributed by atoms with Gasteiger partial charge in [-0.2, -0.15) is 0 Å². The molecule has 0 aromatic heterocycles. The van der Waals surface area contributed by atoms with Crippen molar-refractivity contribution < 1.29 is 14.2 Å². The summed E-state index contributed by atoms with van der Waals surface area (Å²) in [4.78, 5) is 0. The standard InChI is InChI=1S/C11H15FO2/c1-3-11(13,8-14-2)9-4-6-10(12)7-5-9/h4-7,13H,3,8H2,1-2H3. The molecule has 1 N–H and O–H groups in total. The fourth-order valence-electron chi connectivity index (χ4n) is 1.39. The minimum atomic E-state index is -1.01. The molecule has 1 unspecified atom stereocenters. The normalized spacial score (nSPS) is 15.1. The van der Waals surface area contributed by atoms with E-state index in [1.807, 2.05) is 6.92 Å². The Kier molecular flexibility index (Phi) is 3.61. The maximum atomic E-state index is 12.7. The summed E-state index contributed by atoms with van der Waals surface area (Å²) in [7, 11) is 1.53. The van der Waals surface area contributed by atoms with Crippen molar-refractivity contribution in [1.29, 1.82) is 0 Å². The predicted octanol–water partition coefficient (Wildman–Crippen LogP) is 2.07. The van der Waals surface area contributed by atoms with Crippen molar-refractivity contribution in [1.82, 2.24) is 0 Å². The molecule has 0 aliphatic carbocycles. The van der Waals surface area contributed by atoms with Crippen molar-refractivity contribution in [3.05, 3.63) is 35.6 Å². The van der Waals surface area contributed by atoms with Gasteiger partial charge in [-0.25, -0.2) is 4.39 Å². The third kappa shape index (κ3) is 2.30. The van der Waals surface area contributed by atoms with Crippen LogP contribution in [-0.4, -0.2) is 18.8 Å². The molecule has 0 bridgehead atoms. The van der Waals surface area contributed by atoms with Crippen molar-refractivity contribution in [2.24, 2.45) is 0 Å². The maximum Gasteiger partial charge on any atom is 0.123 e. The Morgan fingerprint density at radius 2 is 1.93 bits per heavy atom. The number of rotatable bonds is 4. The van der Waals surface area contributed by atoms with Gasteiger partial charge in [0.15, 0.2) is 0 Å². The average Bonchev–Trinajstić information content (AvgIpc) is 2.19. The van der Waals surface area contributed by atoms with Crippen LogP contribution in [0, 0.1) is 5.82 Å². The monoisotopic (exact) mass is 198 g/mol. The highest BCUT2D eigenvalue weighted by Gasteiger charge is 2.26. The summed E-state index contributed by atoms with van der Waals surface area (Å²) >= 11 is 0. The zero-order chi connectivity index (χ0) is 10.6. The second-order valence-electron chi connectivity index (χ2n) is 3.33. The first kappa shape index (κ1) is 11.1. The van der Waals surface area contributed by atoms with Crippen molar-refractivity contribution in [3.63, 3.8) is 0 Å². The van der Waals surface area contributed by atoms with Gasteiger partial charge in [0.25, 0.3) is 0 Å². The van der Waals surface area contributed by atoms with Gasteiger partial charge in [0.1, 0.15) is 11.4 Å². The SMILES string of the molecule is CCC(O)(COC)c1ccc(F)cc1. The van der Waals surface area contributed by atoms with Crippen LogP contribution in [0.25, 0.3) is 0 Å². The lowest BCUT2D eigenvalue weighted by Crippen LogP contribution is -2.30. The number of halogens is 1. The van der Waals surface area contributed by atoms with E-state index >= 15 is 0 Å². The lowest BCUT2D eigenvalue weighted by atomic mass is 9.92. The lowest BCUT2D eigenvalue weighted by molar-refractivity contribution is -0.0386. The number of hydrogen-bond acceptors (Lipinski definition) is 2. The molecule has 1 atom stereocenters. The van der Waals surface area contributed by atoms with Crippen LogP contribution >= 0.6 is 0 Å². The summed E-state index contributed by atoms with van der Waals surface area (Å²) in [6, 6.07) is 5.84. The summed E-state index contributed by atoms with van der Waals surface area (Å²) in [5, 5.41) is 10.1. The van der Waals surface area contributed by atoms with E-state index < -0.39 is 5.60 Å². The van der Waals surface area contributed by atoms with E-state index in [0.717, 1.165) is 0 Å². The van der Waals surface area contributed by atoms with Crippen molar-refractivity contribution in [2.45, 2.75) is 18.9 Å². The summed E-state index contributed by atoms with van der Waals surface area (Å²) in [6.07, 6.45) is 0.534. The third-order valence-electron chi connectivity index (χ3n) is 2.35.